The summed E-state index contributed by atoms with van der Waals surface area (Å²) in [5, 5.41) is 4.65. The molecule has 1 N–H and O–H groups in total. The molecule has 0 atom stereocenters. The van der Waals surface area contributed by atoms with Gasteiger partial charge in [0.2, 0.25) is 5.78 Å². The highest BCUT2D eigenvalue weighted by Gasteiger charge is 2.41. The summed E-state index contributed by atoms with van der Waals surface area (Å²) in [6.45, 7) is 0.149. The van der Waals surface area contributed by atoms with Gasteiger partial charge in [-0.15, -0.1) is 11.3 Å². The Morgan fingerprint density at radius 3 is 2.66 bits per heavy atom. The third kappa shape index (κ3) is 3.64. The average Bonchev–Trinajstić information content (AvgIpc) is 3.21. The lowest BCUT2D eigenvalue weighted by Gasteiger charge is -2.29. The van der Waals surface area contributed by atoms with Crippen LogP contribution in [0.25, 0.3) is 0 Å². The first-order chi connectivity index (χ1) is 14.0. The van der Waals surface area contributed by atoms with Gasteiger partial charge in [-0.3, -0.25) is 9.10 Å². The van der Waals surface area contributed by atoms with Gasteiger partial charge in [0.25, 0.3) is 10.0 Å². The molecule has 3 aromatic rings. The summed E-state index contributed by atoms with van der Waals surface area (Å²) in [7, 11) is -2.47. The van der Waals surface area contributed by atoms with Gasteiger partial charge in [0, 0.05) is 18.0 Å². The van der Waals surface area contributed by atoms with Crippen LogP contribution < -0.4 is 14.4 Å². The number of carbonyl (C=O) groups excluding carboxylic acids is 1. The highest BCUT2D eigenvalue weighted by Crippen LogP contribution is 2.39. The summed E-state index contributed by atoms with van der Waals surface area (Å²) >= 11 is 1.24. The molecule has 0 amide bonds. The Morgan fingerprint density at radius 2 is 1.90 bits per heavy atom. The molecule has 2 aromatic carbocycles. The molecule has 0 bridgehead atoms. The standard InChI is InChI=1S/C21H18N2O4S2/c1-27-17-9-5-8-16(12-17)22-13-19-20(24)21-18(10-11-28-21)23(29(19,25)26)14-15-6-3-2-4-7-15/h2-13,22H,14H2,1H3/b19-13-. The second-order valence-electron chi connectivity index (χ2n) is 6.35. The number of sulfonamides is 1. The number of methoxy groups -OCH3 is 1. The van der Waals surface area contributed by atoms with E-state index in [1.807, 2.05) is 30.3 Å². The zero-order chi connectivity index (χ0) is 20.4. The zero-order valence-electron chi connectivity index (χ0n) is 15.5. The number of Topliss-reactive ketones (excluding diaryl/α,β-unsaturated/α-hetero) is 1. The van der Waals surface area contributed by atoms with Crippen molar-refractivity contribution in [2.75, 3.05) is 16.7 Å². The van der Waals surface area contributed by atoms with E-state index in [1.54, 1.807) is 42.8 Å². The Morgan fingerprint density at radius 1 is 1.10 bits per heavy atom. The van der Waals surface area contributed by atoms with Gasteiger partial charge in [0.1, 0.15) is 10.6 Å². The Balaban J connectivity index is 1.73. The van der Waals surface area contributed by atoms with Crippen LogP contribution in [0.1, 0.15) is 15.2 Å². The number of hydrogen-bond acceptors (Lipinski definition) is 6. The fourth-order valence-electron chi connectivity index (χ4n) is 3.07. The number of allylic oxidation sites excluding steroid dienone is 1. The number of nitrogens with one attached hydrogen (secondary N) is 1. The van der Waals surface area contributed by atoms with Crippen LogP contribution in [0.15, 0.2) is 77.1 Å². The van der Waals surface area contributed by atoms with E-state index in [0.717, 1.165) is 5.56 Å². The molecule has 148 valence electrons. The summed E-state index contributed by atoms with van der Waals surface area (Å²) in [5.41, 5.74) is 1.87. The largest absolute Gasteiger partial charge is 0.497 e. The van der Waals surface area contributed by atoms with Crippen LogP contribution in [-0.2, 0) is 16.6 Å². The lowest BCUT2D eigenvalue weighted by Crippen LogP contribution is -2.38. The number of ether oxygens (including phenoxy) is 1. The van der Waals surface area contributed by atoms with E-state index in [0.29, 0.717) is 22.0 Å². The number of ketones is 1. The maximum Gasteiger partial charge on any atom is 0.270 e. The van der Waals surface area contributed by atoms with Gasteiger partial charge in [-0.2, -0.15) is 0 Å². The molecule has 1 aliphatic heterocycles. The summed E-state index contributed by atoms with van der Waals surface area (Å²) in [5.74, 6) is 0.118. The predicted molar refractivity (Wildman–Crippen MR) is 115 cm³/mol. The van der Waals surface area contributed by atoms with Gasteiger partial charge in [-0.05, 0) is 29.1 Å². The molecule has 0 spiro atoms. The molecule has 0 unspecified atom stereocenters. The molecule has 6 nitrogen and oxygen atoms in total. The van der Waals surface area contributed by atoms with Gasteiger partial charge < -0.3 is 10.1 Å². The quantitative estimate of drug-likeness (QED) is 0.618. The monoisotopic (exact) mass is 426 g/mol. The van der Waals surface area contributed by atoms with Crippen molar-refractivity contribution in [3.63, 3.8) is 0 Å². The third-order valence-corrected chi connectivity index (χ3v) is 7.19. The van der Waals surface area contributed by atoms with Crippen LogP contribution in [-0.4, -0.2) is 21.3 Å². The lowest BCUT2D eigenvalue weighted by molar-refractivity contribution is 0.104. The zero-order valence-corrected chi connectivity index (χ0v) is 17.2. The molecule has 29 heavy (non-hydrogen) atoms. The highest BCUT2D eigenvalue weighted by atomic mass is 32.2. The van der Waals surface area contributed by atoms with Crippen LogP contribution in [0.5, 0.6) is 5.75 Å². The van der Waals surface area contributed by atoms with Crippen molar-refractivity contribution in [2.45, 2.75) is 6.54 Å². The molecule has 1 aromatic heterocycles. The Hall–Kier alpha value is -3.10. The van der Waals surface area contributed by atoms with E-state index in [-0.39, 0.29) is 11.4 Å². The number of benzene rings is 2. The molecule has 4 rings (SSSR count). The first-order valence-electron chi connectivity index (χ1n) is 8.80. The Bertz CT molecular complexity index is 1180. The van der Waals surface area contributed by atoms with Gasteiger partial charge in [-0.1, -0.05) is 36.4 Å². The molecule has 0 radical (unpaired) electrons. The minimum Gasteiger partial charge on any atom is -0.497 e. The second-order valence-corrected chi connectivity index (χ2v) is 9.09. The molecule has 8 heteroatoms. The maximum absolute atomic E-state index is 13.3. The van der Waals surface area contributed by atoms with Crippen molar-refractivity contribution >= 4 is 38.5 Å². The Labute approximate surface area is 173 Å². The van der Waals surface area contributed by atoms with Gasteiger partial charge in [-0.25, -0.2) is 8.42 Å². The number of carbonyl (C=O) groups is 1. The van der Waals surface area contributed by atoms with Crippen LogP contribution in [0.4, 0.5) is 11.4 Å². The fraction of sp³-hybridized carbons (Fsp3) is 0.0952. The van der Waals surface area contributed by atoms with E-state index >= 15 is 0 Å². The van der Waals surface area contributed by atoms with E-state index in [4.69, 9.17) is 4.74 Å². The SMILES string of the molecule is COc1cccc(N/C=C2/C(=O)c3sccc3N(Cc3ccccc3)S2(=O)=O)c1. The van der Waals surface area contributed by atoms with E-state index in [9.17, 15) is 13.2 Å². The topological polar surface area (TPSA) is 75.7 Å². The molecule has 0 fully saturated rings. The predicted octanol–water partition coefficient (Wildman–Crippen LogP) is 4.24. The van der Waals surface area contributed by atoms with E-state index in [1.165, 1.54) is 21.8 Å². The number of rotatable bonds is 5. The van der Waals surface area contributed by atoms with Gasteiger partial charge in [0.05, 0.1) is 19.3 Å². The smallest absolute Gasteiger partial charge is 0.270 e. The van der Waals surface area contributed by atoms with Crippen molar-refractivity contribution in [3.8, 4) is 5.75 Å². The van der Waals surface area contributed by atoms with Crippen molar-refractivity contribution in [1.29, 1.82) is 0 Å². The fourth-order valence-corrected chi connectivity index (χ4v) is 5.55. The minimum atomic E-state index is -4.02. The van der Waals surface area contributed by atoms with E-state index < -0.39 is 15.8 Å². The van der Waals surface area contributed by atoms with Crippen molar-refractivity contribution < 1.29 is 17.9 Å². The molecule has 1 aliphatic rings. The second kappa shape index (κ2) is 7.73. The van der Waals surface area contributed by atoms with E-state index in [2.05, 4.69) is 5.32 Å². The average molecular weight is 427 g/mol. The first kappa shape index (κ1) is 19.2. The number of fused-ring (bicyclic) bond motifs is 1. The highest BCUT2D eigenvalue weighted by molar-refractivity contribution is 7.97. The summed E-state index contributed by atoms with van der Waals surface area (Å²) in [4.78, 5) is 13.0. The number of nitrogens with zero attached hydrogens (tertiary/aromatic N) is 1. The first-order valence-corrected chi connectivity index (χ1v) is 11.1. The van der Waals surface area contributed by atoms with Crippen LogP contribution >= 0.6 is 11.3 Å². The number of hydrogen-bond donors (Lipinski definition) is 1. The molecular formula is C21H18N2O4S2. The normalized spacial score (nSPS) is 16.5. The maximum atomic E-state index is 13.3. The minimum absolute atomic E-state index is 0.149. The van der Waals surface area contributed by atoms with Crippen LogP contribution in [0, 0.1) is 0 Å². The van der Waals surface area contributed by atoms with Gasteiger partial charge >= 0.3 is 0 Å². The van der Waals surface area contributed by atoms with Crippen molar-refractivity contribution in [2.24, 2.45) is 0 Å². The number of thiophene rings is 1. The molecule has 0 saturated heterocycles. The van der Waals surface area contributed by atoms with Gasteiger partial charge in [0.15, 0.2) is 4.91 Å². The molecular weight excluding hydrogens is 408 g/mol. The third-order valence-electron chi connectivity index (χ3n) is 4.52. The van der Waals surface area contributed by atoms with Crippen LogP contribution in [0.2, 0.25) is 0 Å². The number of anilines is 2. The lowest BCUT2D eigenvalue weighted by atomic mass is 10.2. The van der Waals surface area contributed by atoms with Crippen molar-refractivity contribution in [3.05, 3.63) is 87.6 Å². The molecule has 0 aliphatic carbocycles. The molecule has 0 saturated carbocycles. The van der Waals surface area contributed by atoms with Crippen LogP contribution in [0.3, 0.4) is 0 Å². The Kier molecular flexibility index (Phi) is 5.12. The summed E-state index contributed by atoms with van der Waals surface area (Å²) in [6.07, 6.45) is 1.26. The molecule has 2 heterocycles. The summed E-state index contributed by atoms with van der Waals surface area (Å²) < 4.78 is 33.1. The summed E-state index contributed by atoms with van der Waals surface area (Å²) in [6, 6.07) is 18.0. The van der Waals surface area contributed by atoms with Crippen molar-refractivity contribution in [1.82, 2.24) is 0 Å².